The van der Waals surface area contributed by atoms with Gasteiger partial charge in [-0.1, -0.05) is 11.6 Å². The molecule has 6 heteroatoms. The predicted octanol–water partition coefficient (Wildman–Crippen LogP) is 2.74. The zero-order valence-electron chi connectivity index (χ0n) is 14.0. The van der Waals surface area contributed by atoms with Crippen LogP contribution in [0.2, 0.25) is 0 Å². The molecule has 0 spiro atoms. The monoisotopic (exact) mass is 323 g/mol. The van der Waals surface area contributed by atoms with Crippen LogP contribution in [0, 0.1) is 13.8 Å². The summed E-state index contributed by atoms with van der Waals surface area (Å²) < 4.78 is 6.84. The molecule has 0 fully saturated rings. The number of carbonyl (C=O) groups excluding carboxylic acids is 2. The molecule has 2 heterocycles. The van der Waals surface area contributed by atoms with Crippen LogP contribution in [0.5, 0.6) is 5.75 Å². The third kappa shape index (κ3) is 2.78. The molecule has 0 aliphatic rings. The van der Waals surface area contributed by atoms with E-state index in [2.05, 4.69) is 10.1 Å². The Hall–Kier alpha value is -3.02. The maximum atomic E-state index is 12.9. The SMILES string of the molecule is CC(=O)Oc1ccc(C)cc1C(=O)c1cnc2c(c1)c(C)nn2C. The molecule has 3 rings (SSSR count). The highest BCUT2D eigenvalue weighted by Gasteiger charge is 2.18. The van der Waals surface area contributed by atoms with Gasteiger partial charge >= 0.3 is 5.97 Å². The van der Waals surface area contributed by atoms with E-state index < -0.39 is 5.97 Å². The Kier molecular flexibility index (Phi) is 3.89. The Morgan fingerprint density at radius 1 is 1.17 bits per heavy atom. The Morgan fingerprint density at radius 3 is 2.62 bits per heavy atom. The van der Waals surface area contributed by atoms with Gasteiger partial charge in [-0.2, -0.15) is 5.10 Å². The van der Waals surface area contributed by atoms with Crippen LogP contribution in [-0.4, -0.2) is 26.5 Å². The van der Waals surface area contributed by atoms with Crippen molar-refractivity contribution in [3.05, 3.63) is 52.8 Å². The minimum atomic E-state index is -0.468. The highest BCUT2D eigenvalue weighted by atomic mass is 16.5. The fourth-order valence-corrected chi connectivity index (χ4v) is 2.65. The summed E-state index contributed by atoms with van der Waals surface area (Å²) in [5, 5.41) is 5.13. The van der Waals surface area contributed by atoms with Crippen molar-refractivity contribution in [2.75, 3.05) is 0 Å². The smallest absolute Gasteiger partial charge is 0.308 e. The van der Waals surface area contributed by atoms with E-state index in [4.69, 9.17) is 4.74 Å². The van der Waals surface area contributed by atoms with Gasteiger partial charge in [0, 0.05) is 31.1 Å². The molecule has 0 aliphatic heterocycles. The average Bonchev–Trinajstić information content (AvgIpc) is 2.82. The Morgan fingerprint density at radius 2 is 1.92 bits per heavy atom. The molecule has 0 saturated heterocycles. The number of ether oxygens (including phenoxy) is 1. The van der Waals surface area contributed by atoms with Crippen molar-refractivity contribution in [3.63, 3.8) is 0 Å². The number of aryl methyl sites for hydroxylation is 3. The molecule has 122 valence electrons. The van der Waals surface area contributed by atoms with Gasteiger partial charge in [0.1, 0.15) is 5.75 Å². The highest BCUT2D eigenvalue weighted by molar-refractivity contribution is 6.12. The number of hydrogen-bond acceptors (Lipinski definition) is 5. The lowest BCUT2D eigenvalue weighted by atomic mass is 10.0. The van der Waals surface area contributed by atoms with Crippen LogP contribution in [0.4, 0.5) is 0 Å². The van der Waals surface area contributed by atoms with Gasteiger partial charge in [-0.25, -0.2) is 4.98 Å². The van der Waals surface area contributed by atoms with Crippen molar-refractivity contribution < 1.29 is 14.3 Å². The number of nitrogens with zero attached hydrogens (tertiary/aromatic N) is 3. The number of aromatic nitrogens is 3. The van der Waals surface area contributed by atoms with Crippen LogP contribution < -0.4 is 4.74 Å². The second-order valence-electron chi connectivity index (χ2n) is 5.73. The quantitative estimate of drug-likeness (QED) is 0.421. The van der Waals surface area contributed by atoms with E-state index >= 15 is 0 Å². The summed E-state index contributed by atoms with van der Waals surface area (Å²) in [6, 6.07) is 6.90. The maximum absolute atomic E-state index is 12.9. The molecule has 6 nitrogen and oxygen atoms in total. The maximum Gasteiger partial charge on any atom is 0.308 e. The lowest BCUT2D eigenvalue weighted by Crippen LogP contribution is -2.09. The minimum absolute atomic E-state index is 0.243. The summed E-state index contributed by atoms with van der Waals surface area (Å²) in [7, 11) is 1.81. The molecule has 3 aromatic rings. The zero-order chi connectivity index (χ0) is 17.4. The Labute approximate surface area is 139 Å². The summed E-state index contributed by atoms with van der Waals surface area (Å²) >= 11 is 0. The van der Waals surface area contributed by atoms with Gasteiger partial charge in [0.15, 0.2) is 11.4 Å². The number of hydrogen-bond donors (Lipinski definition) is 0. The molecule has 24 heavy (non-hydrogen) atoms. The van der Waals surface area contributed by atoms with Gasteiger partial charge in [-0.05, 0) is 32.0 Å². The van der Waals surface area contributed by atoms with Gasteiger partial charge in [0.25, 0.3) is 0 Å². The summed E-state index contributed by atoms with van der Waals surface area (Å²) in [6.07, 6.45) is 1.52. The molecule has 0 radical (unpaired) electrons. The molecule has 2 aromatic heterocycles. The molecular weight excluding hydrogens is 306 g/mol. The standard InChI is InChI=1S/C18H17N3O3/c1-10-5-6-16(24-12(3)22)15(7-10)17(23)13-8-14-11(2)20-21(4)18(14)19-9-13/h5-9H,1-4H3. The molecule has 0 amide bonds. The number of carbonyl (C=O) groups is 2. The minimum Gasteiger partial charge on any atom is -0.426 e. The van der Waals surface area contributed by atoms with Crippen molar-refractivity contribution in [1.29, 1.82) is 0 Å². The van der Waals surface area contributed by atoms with E-state index in [1.165, 1.54) is 13.1 Å². The molecule has 0 unspecified atom stereocenters. The first kappa shape index (κ1) is 15.9. The fraction of sp³-hybridized carbons (Fsp3) is 0.222. The normalized spacial score (nSPS) is 10.8. The molecule has 1 aromatic carbocycles. The summed E-state index contributed by atoms with van der Waals surface area (Å²) in [4.78, 5) is 28.5. The summed E-state index contributed by atoms with van der Waals surface area (Å²) in [5.74, 6) is -0.460. The lowest BCUT2D eigenvalue weighted by molar-refractivity contribution is -0.131. The van der Waals surface area contributed by atoms with Crippen molar-refractivity contribution in [3.8, 4) is 5.75 Å². The first-order valence-electron chi connectivity index (χ1n) is 7.50. The van der Waals surface area contributed by atoms with Gasteiger partial charge in [-0.15, -0.1) is 0 Å². The zero-order valence-corrected chi connectivity index (χ0v) is 14.0. The van der Waals surface area contributed by atoms with Gasteiger partial charge in [0.05, 0.1) is 11.3 Å². The van der Waals surface area contributed by atoms with Crippen molar-refractivity contribution in [2.45, 2.75) is 20.8 Å². The fourth-order valence-electron chi connectivity index (χ4n) is 2.65. The third-order valence-electron chi connectivity index (χ3n) is 3.76. The predicted molar refractivity (Wildman–Crippen MR) is 89.2 cm³/mol. The van der Waals surface area contributed by atoms with Gasteiger partial charge in [-0.3, -0.25) is 14.3 Å². The van der Waals surface area contributed by atoms with Crippen LogP contribution >= 0.6 is 0 Å². The van der Waals surface area contributed by atoms with Gasteiger partial charge in [0.2, 0.25) is 0 Å². The van der Waals surface area contributed by atoms with E-state index in [0.29, 0.717) is 16.8 Å². The summed E-state index contributed by atoms with van der Waals surface area (Å²) in [6.45, 7) is 5.05. The van der Waals surface area contributed by atoms with E-state index in [9.17, 15) is 9.59 Å². The number of fused-ring (bicyclic) bond motifs is 1. The average molecular weight is 323 g/mol. The molecule has 0 bridgehead atoms. The van der Waals surface area contributed by atoms with E-state index in [-0.39, 0.29) is 11.5 Å². The number of rotatable bonds is 3. The highest BCUT2D eigenvalue weighted by Crippen LogP contribution is 2.25. The van der Waals surface area contributed by atoms with Crippen molar-refractivity contribution in [1.82, 2.24) is 14.8 Å². The first-order valence-corrected chi connectivity index (χ1v) is 7.50. The van der Waals surface area contributed by atoms with Crippen LogP contribution in [0.3, 0.4) is 0 Å². The first-order chi connectivity index (χ1) is 11.4. The molecule has 0 atom stereocenters. The van der Waals surface area contributed by atoms with E-state index in [1.54, 1.807) is 28.9 Å². The van der Waals surface area contributed by atoms with Crippen LogP contribution in [0.1, 0.15) is 34.1 Å². The second kappa shape index (κ2) is 5.88. The number of ketones is 1. The van der Waals surface area contributed by atoms with E-state index in [0.717, 1.165) is 16.6 Å². The van der Waals surface area contributed by atoms with Gasteiger partial charge < -0.3 is 4.74 Å². The van der Waals surface area contributed by atoms with Crippen LogP contribution in [-0.2, 0) is 11.8 Å². The molecular formula is C18H17N3O3. The lowest BCUT2D eigenvalue weighted by Gasteiger charge is -2.09. The number of pyridine rings is 1. The Bertz CT molecular complexity index is 973. The second-order valence-corrected chi connectivity index (χ2v) is 5.73. The van der Waals surface area contributed by atoms with E-state index in [1.807, 2.05) is 20.9 Å². The molecule has 0 N–H and O–H groups in total. The summed E-state index contributed by atoms with van der Waals surface area (Å²) in [5.41, 5.74) is 3.19. The Balaban J connectivity index is 2.10. The largest absolute Gasteiger partial charge is 0.426 e. The van der Waals surface area contributed by atoms with Crippen molar-refractivity contribution >= 4 is 22.8 Å². The topological polar surface area (TPSA) is 74.1 Å². The molecule has 0 saturated carbocycles. The number of benzene rings is 1. The number of esters is 1. The van der Waals surface area contributed by atoms with Crippen molar-refractivity contribution in [2.24, 2.45) is 7.05 Å². The van der Waals surface area contributed by atoms with Crippen LogP contribution in [0.25, 0.3) is 11.0 Å². The third-order valence-corrected chi connectivity index (χ3v) is 3.76. The molecule has 0 aliphatic carbocycles. The van der Waals surface area contributed by atoms with Crippen LogP contribution in [0.15, 0.2) is 30.5 Å².